The minimum atomic E-state index is -1.04. The number of nitrogens with zero attached hydrogens (tertiary/aromatic N) is 9. The average molecular weight is 1620 g/mol. The molecule has 2 saturated carbocycles. The van der Waals surface area contributed by atoms with Gasteiger partial charge in [-0.15, -0.1) is 0 Å². The maximum absolute atomic E-state index is 15.5. The van der Waals surface area contributed by atoms with Gasteiger partial charge >= 0.3 is 43.9 Å². The van der Waals surface area contributed by atoms with Crippen LogP contribution in [0.5, 0.6) is 0 Å². The van der Waals surface area contributed by atoms with Gasteiger partial charge in [-0.25, -0.2) is 27.6 Å². The van der Waals surface area contributed by atoms with Gasteiger partial charge in [-0.1, -0.05) is 122 Å². The zero-order valence-electron chi connectivity index (χ0n) is 59.0. The number of aryl methyl sites for hydroxylation is 3. The summed E-state index contributed by atoms with van der Waals surface area (Å²) in [4.78, 5) is 41.7. The van der Waals surface area contributed by atoms with Gasteiger partial charge in [-0.2, -0.15) is 15.3 Å². The molecular weight excluding hydrogens is 1540 g/mol. The Morgan fingerprint density at radius 1 is 0.528 bits per heavy atom. The van der Waals surface area contributed by atoms with Crippen molar-refractivity contribution in [2.75, 3.05) is 19.8 Å². The third kappa shape index (κ3) is 19.6. The zero-order chi connectivity index (χ0) is 73.2. The summed E-state index contributed by atoms with van der Waals surface area (Å²) in [5.41, 5.74) is 6.05. The van der Waals surface area contributed by atoms with Gasteiger partial charge in [-0.05, 0) is 166 Å². The number of aromatic nitrogens is 9. The fourth-order valence-corrected chi connectivity index (χ4v) is 16.0. The van der Waals surface area contributed by atoms with E-state index in [4.69, 9.17) is 59.1 Å². The number of carbonyl (C=O) groups is 3. The quantitative estimate of drug-likeness (QED) is 0.0343. The summed E-state index contributed by atoms with van der Waals surface area (Å²) >= 11 is 26.5. The summed E-state index contributed by atoms with van der Waals surface area (Å²) in [5.74, 6) is -1.96. The molecule has 19 nitrogen and oxygen atoms in total. The molecule has 552 valence electrons. The number of esters is 3. The number of rotatable bonds is 23. The molecule has 0 atom stereocenters. The Morgan fingerprint density at radius 2 is 0.915 bits per heavy atom. The molecule has 2 aliphatic carbocycles. The summed E-state index contributed by atoms with van der Waals surface area (Å²) in [6.45, 7) is 14.9. The number of fused-ring (bicyclic) bond motifs is 3. The van der Waals surface area contributed by atoms with Crippen molar-refractivity contribution in [1.82, 2.24) is 43.0 Å². The van der Waals surface area contributed by atoms with Crippen LogP contribution in [0.2, 0.25) is 20.9 Å². The fraction of sp³-hybridized carbons (Fsp3) is 0.280. The average Bonchev–Trinajstić information content (AvgIpc) is 1.58. The molecule has 6 heterocycles. The molecule has 0 spiro atoms. The molecule has 6 aromatic carbocycles. The SMILES string of the molecule is CCCn1cc(-n2c(Br)c(Sc3cccc(C(=O)OCC)c3)c3ccc(Cl)c(F)c32)cn1.CCCn1cc(-n2c(C3CC3)c(Sc3cccc(C(=O)OCC)c3)c3ccc(Cl)c(F)c32)cn1.CCCn1cc(-n2cc(Sc3cccc(C(=O)OCC)c3)c3ccc(Cl)c(F)c32)cn1.O.OB(O)C1CC1.[Li+].[OH-]. The molecule has 2 aliphatic rings. The van der Waals surface area contributed by atoms with E-state index in [1.54, 1.807) is 127 Å². The van der Waals surface area contributed by atoms with Gasteiger partial charge in [0.25, 0.3) is 0 Å². The van der Waals surface area contributed by atoms with Crippen molar-refractivity contribution in [2.45, 2.75) is 147 Å². The smallest absolute Gasteiger partial charge is 0.870 e. The van der Waals surface area contributed by atoms with Gasteiger partial charge in [0.05, 0.1) is 109 Å². The molecule has 14 rings (SSSR count). The fourth-order valence-electron chi connectivity index (χ4n) is 11.4. The molecule has 0 amide bonds. The van der Waals surface area contributed by atoms with Gasteiger partial charge in [0, 0.05) is 96.7 Å². The number of halogens is 7. The summed E-state index contributed by atoms with van der Waals surface area (Å²) in [5, 5.41) is 32.2. The second-order valence-electron chi connectivity index (χ2n) is 24.1. The van der Waals surface area contributed by atoms with E-state index in [0.29, 0.717) is 69.0 Å². The van der Waals surface area contributed by atoms with E-state index in [1.165, 1.54) is 23.5 Å². The first-order valence-electron chi connectivity index (χ1n) is 33.8. The zero-order valence-corrected chi connectivity index (χ0v) is 65.3. The van der Waals surface area contributed by atoms with E-state index < -0.39 is 24.6 Å². The van der Waals surface area contributed by atoms with E-state index in [0.717, 1.165) is 127 Å². The molecule has 12 aromatic rings. The first-order chi connectivity index (χ1) is 49.8. The van der Waals surface area contributed by atoms with E-state index in [1.807, 2.05) is 85.9 Å². The Kier molecular flexibility index (Phi) is 30.7. The summed E-state index contributed by atoms with van der Waals surface area (Å²) in [6, 6.07) is 32.0. The first-order valence-corrected chi connectivity index (χ1v) is 38.1. The molecule has 0 unspecified atom stereocenters. The van der Waals surface area contributed by atoms with Crippen LogP contribution in [0.25, 0.3) is 49.8 Å². The standard InChI is InChI=1S/C26H25ClFN3O2S.C23H20BrClFN3O2S.C23H21ClFN3O2S.C3H7BO2.Li.2H2O/c1-3-12-30-15-18(14-29-30)31-23(16-8-9-16)25(20-10-11-21(27)22(28)24(20)31)34-19-7-5-6-17(13-19)26(32)33-4-2;1-3-10-28-13-15(12-27-28)29-20-17(8-9-18(25)19(20)26)21(22(29)24)32-16-7-5-6-14(11-16)23(30)31-4-2;1-3-10-27-13-16(12-26-27)28-14-20(18-8-9-19(24)21(25)22(18)28)31-17-7-5-6-15(11-17)23(29)30-4-2;5-4(6)3-1-2-3;;;/h5-7,10-11,13-16H,3-4,8-9,12H2,1-2H3;5-9,11-13H,3-4,10H2,1-2H3;5-9,11-14H,3-4,10H2,1-2H3;3,5-6H,1-2H2;;2*1H2/q;;;;+1;;/p-1. The predicted octanol–water partition coefficient (Wildman–Crippen LogP) is 16.3. The van der Waals surface area contributed by atoms with Crippen molar-refractivity contribution in [2.24, 2.45) is 0 Å². The van der Waals surface area contributed by atoms with Gasteiger partial charge in [-0.3, -0.25) is 18.6 Å². The van der Waals surface area contributed by atoms with Gasteiger partial charge in [0.2, 0.25) is 0 Å². The Balaban J connectivity index is 0.000000190. The molecule has 0 saturated heterocycles. The van der Waals surface area contributed by atoms with Crippen LogP contribution in [0.3, 0.4) is 0 Å². The molecular formula is C75H76BBrCl3F3LiN9O10S3. The number of ether oxygens (including phenoxy) is 3. The maximum Gasteiger partial charge on any atom is 1.00 e. The van der Waals surface area contributed by atoms with Crippen LogP contribution in [0.15, 0.2) is 187 Å². The predicted molar refractivity (Wildman–Crippen MR) is 411 cm³/mol. The van der Waals surface area contributed by atoms with Gasteiger partial charge in [0.1, 0.15) is 4.60 Å². The largest absolute Gasteiger partial charge is 1.00 e. The second-order valence-corrected chi connectivity index (χ2v) is 29.4. The molecule has 5 N–H and O–H groups in total. The topological polar surface area (TPSA) is 249 Å². The molecule has 2 fully saturated rings. The Morgan fingerprint density at radius 3 is 1.33 bits per heavy atom. The Bertz CT molecular complexity index is 5070. The van der Waals surface area contributed by atoms with Crippen LogP contribution in [0.1, 0.15) is 129 Å². The van der Waals surface area contributed by atoms with Crippen molar-refractivity contribution in [3.63, 3.8) is 0 Å². The normalized spacial score (nSPS) is 12.2. The van der Waals surface area contributed by atoms with Crippen molar-refractivity contribution >= 4 is 144 Å². The summed E-state index contributed by atoms with van der Waals surface area (Å²) in [6.07, 6.45) is 19.7. The number of hydrogen-bond donors (Lipinski definition) is 2. The van der Waals surface area contributed by atoms with Gasteiger partial charge in [0.15, 0.2) is 17.5 Å². The molecule has 0 bridgehead atoms. The molecule has 31 heteroatoms. The van der Waals surface area contributed by atoms with Crippen molar-refractivity contribution in [1.29, 1.82) is 0 Å². The van der Waals surface area contributed by atoms with Crippen molar-refractivity contribution in [3.8, 4) is 17.1 Å². The third-order valence-electron chi connectivity index (χ3n) is 16.5. The molecule has 0 radical (unpaired) electrons. The van der Waals surface area contributed by atoms with Crippen LogP contribution in [0.4, 0.5) is 13.2 Å². The maximum atomic E-state index is 15.5. The number of carbonyl (C=O) groups excluding carboxylic acids is 3. The van der Waals surface area contributed by atoms with Gasteiger partial charge < -0.3 is 44.3 Å². The molecule has 106 heavy (non-hydrogen) atoms. The molecule has 6 aromatic heterocycles. The minimum absolute atomic E-state index is 0. The van der Waals surface area contributed by atoms with E-state index >= 15 is 13.2 Å². The monoisotopic (exact) mass is 1620 g/mol. The van der Waals surface area contributed by atoms with Crippen LogP contribution in [0, 0.1) is 17.5 Å². The number of benzene rings is 6. The summed E-state index contributed by atoms with van der Waals surface area (Å²) in [7, 11) is -1.04. The van der Waals surface area contributed by atoms with Crippen LogP contribution in [-0.4, -0.2) is 109 Å². The van der Waals surface area contributed by atoms with E-state index in [2.05, 4.69) is 52.0 Å². The van der Waals surface area contributed by atoms with E-state index in [-0.39, 0.29) is 68.6 Å². The minimum Gasteiger partial charge on any atom is -0.870 e. The number of hydrogen-bond acceptors (Lipinski definition) is 15. The third-order valence-corrected chi connectivity index (χ3v) is 21.6. The summed E-state index contributed by atoms with van der Waals surface area (Å²) < 4.78 is 72.9. The Labute approximate surface area is 659 Å². The van der Waals surface area contributed by atoms with E-state index in [9.17, 15) is 14.4 Å². The first kappa shape index (κ1) is 84.3. The second kappa shape index (κ2) is 38.7. The Hall–Kier alpha value is -7.33. The van der Waals surface area contributed by atoms with Crippen LogP contribution in [-0.2, 0) is 33.8 Å². The van der Waals surface area contributed by atoms with Crippen molar-refractivity contribution in [3.05, 3.63) is 212 Å². The van der Waals surface area contributed by atoms with Crippen molar-refractivity contribution < 1.29 is 81.6 Å². The van der Waals surface area contributed by atoms with Crippen LogP contribution >= 0.6 is 86.0 Å². The molecule has 0 aliphatic heterocycles. The van der Waals surface area contributed by atoms with Crippen LogP contribution < -0.4 is 18.9 Å².